The number of rotatable bonds is 7. The number of nitrogens with zero attached hydrogens (tertiary/aromatic N) is 1. The molecule has 2 aromatic carbocycles. The van der Waals surface area contributed by atoms with E-state index in [1.807, 2.05) is 0 Å². The Morgan fingerprint density at radius 3 is 2.45 bits per heavy atom. The summed E-state index contributed by atoms with van der Waals surface area (Å²) in [5, 5.41) is 7.77. The second-order valence-corrected chi connectivity index (χ2v) is 7.49. The van der Waals surface area contributed by atoms with Crippen LogP contribution in [0.1, 0.15) is 12.5 Å². The Morgan fingerprint density at radius 2 is 1.79 bits per heavy atom. The number of halogens is 1. The molecule has 29 heavy (non-hydrogen) atoms. The largest absolute Gasteiger partial charge is 0.478 e. The number of hydrogen-bond acceptors (Lipinski definition) is 6. The Morgan fingerprint density at radius 1 is 1.10 bits per heavy atom. The highest BCUT2D eigenvalue weighted by Gasteiger charge is 2.17. The van der Waals surface area contributed by atoms with Crippen molar-refractivity contribution in [3.8, 4) is 11.6 Å². The van der Waals surface area contributed by atoms with Crippen LogP contribution in [0.2, 0.25) is 0 Å². The fourth-order valence-electron chi connectivity index (χ4n) is 2.38. The van der Waals surface area contributed by atoms with E-state index < -0.39 is 15.8 Å². The molecule has 0 amide bonds. The third-order valence-electron chi connectivity index (χ3n) is 3.76. The minimum Gasteiger partial charge on any atom is -0.478 e. The highest BCUT2D eigenvalue weighted by molar-refractivity contribution is 7.92. The fraction of sp³-hybridized carbons (Fsp3) is 0.100. The van der Waals surface area contributed by atoms with Crippen LogP contribution in [0.25, 0.3) is 0 Å². The summed E-state index contributed by atoms with van der Waals surface area (Å²) in [6.07, 6.45) is 1.46. The zero-order valence-corrected chi connectivity index (χ0v) is 16.2. The molecule has 0 saturated heterocycles. The van der Waals surface area contributed by atoms with Gasteiger partial charge in [-0.1, -0.05) is 0 Å². The van der Waals surface area contributed by atoms with Gasteiger partial charge in [0.2, 0.25) is 11.8 Å². The number of hydrogen-bond donors (Lipinski definition) is 2. The van der Waals surface area contributed by atoms with Crippen molar-refractivity contribution in [3.63, 3.8) is 0 Å². The van der Waals surface area contributed by atoms with E-state index in [4.69, 9.17) is 14.9 Å². The first-order chi connectivity index (χ1) is 13.9. The predicted octanol–water partition coefficient (Wildman–Crippen LogP) is 4.18. The highest BCUT2D eigenvalue weighted by Crippen LogP contribution is 2.29. The van der Waals surface area contributed by atoms with Gasteiger partial charge in [-0.25, -0.2) is 17.8 Å². The van der Waals surface area contributed by atoms with Gasteiger partial charge in [0, 0.05) is 11.8 Å². The Bertz CT molecular complexity index is 1100. The zero-order valence-electron chi connectivity index (χ0n) is 15.4. The van der Waals surface area contributed by atoms with Crippen LogP contribution in [-0.4, -0.2) is 25.9 Å². The first kappa shape index (κ1) is 20.3. The van der Waals surface area contributed by atoms with Crippen molar-refractivity contribution in [2.24, 2.45) is 0 Å². The van der Waals surface area contributed by atoms with Crippen molar-refractivity contribution in [2.75, 3.05) is 11.3 Å². The van der Waals surface area contributed by atoms with Gasteiger partial charge >= 0.3 is 0 Å². The molecule has 0 aliphatic carbocycles. The minimum absolute atomic E-state index is 0.0460. The SMILES string of the molecule is CCOC(=N)c1ccc(Oc2ncccc2NS(=O)(=O)c2ccc(F)cc2)cc1. The Hall–Kier alpha value is -3.46. The maximum absolute atomic E-state index is 13.1. The van der Waals surface area contributed by atoms with Gasteiger partial charge in [-0.3, -0.25) is 10.1 Å². The normalized spacial score (nSPS) is 11.0. The number of benzene rings is 2. The fourth-order valence-corrected chi connectivity index (χ4v) is 3.44. The van der Waals surface area contributed by atoms with Gasteiger partial charge in [-0.15, -0.1) is 0 Å². The molecule has 0 aliphatic heterocycles. The summed E-state index contributed by atoms with van der Waals surface area (Å²) in [5.41, 5.74) is 0.709. The monoisotopic (exact) mass is 415 g/mol. The number of nitrogens with one attached hydrogen (secondary N) is 2. The smallest absolute Gasteiger partial charge is 0.262 e. The van der Waals surface area contributed by atoms with Gasteiger partial charge < -0.3 is 9.47 Å². The standard InChI is InChI=1S/C20H18FN3O4S/c1-2-27-19(22)14-5-9-16(10-6-14)28-20-18(4-3-13-23-20)24-29(25,26)17-11-7-15(21)8-12-17/h3-13,22,24H,2H2,1H3. The highest BCUT2D eigenvalue weighted by atomic mass is 32.2. The number of sulfonamides is 1. The first-order valence-electron chi connectivity index (χ1n) is 8.62. The van der Waals surface area contributed by atoms with Crippen LogP contribution in [-0.2, 0) is 14.8 Å². The minimum atomic E-state index is -3.95. The predicted molar refractivity (Wildman–Crippen MR) is 106 cm³/mol. The topological polar surface area (TPSA) is 101 Å². The summed E-state index contributed by atoms with van der Waals surface area (Å²) >= 11 is 0. The molecule has 1 heterocycles. The molecule has 3 aromatic rings. The Balaban J connectivity index is 1.80. The first-order valence-corrected chi connectivity index (χ1v) is 10.1. The maximum Gasteiger partial charge on any atom is 0.262 e. The van der Waals surface area contributed by atoms with Gasteiger partial charge in [0.25, 0.3) is 10.0 Å². The average Bonchev–Trinajstić information content (AvgIpc) is 2.70. The molecular formula is C20H18FN3O4S. The van der Waals surface area contributed by atoms with Crippen LogP contribution in [0, 0.1) is 11.2 Å². The molecule has 3 rings (SSSR count). The van der Waals surface area contributed by atoms with Gasteiger partial charge in [0.05, 0.1) is 11.5 Å². The maximum atomic E-state index is 13.1. The van der Waals surface area contributed by atoms with Crippen molar-refractivity contribution in [1.29, 1.82) is 5.41 Å². The van der Waals surface area contributed by atoms with E-state index in [9.17, 15) is 12.8 Å². The van der Waals surface area contributed by atoms with Crippen LogP contribution in [0.3, 0.4) is 0 Å². The third-order valence-corrected chi connectivity index (χ3v) is 5.14. The lowest BCUT2D eigenvalue weighted by Gasteiger charge is -2.13. The molecule has 0 unspecified atom stereocenters. The summed E-state index contributed by atoms with van der Waals surface area (Å²) in [5.74, 6) is -0.0374. The Kier molecular flexibility index (Phi) is 6.08. The van der Waals surface area contributed by atoms with Crippen molar-refractivity contribution in [2.45, 2.75) is 11.8 Å². The molecule has 1 aromatic heterocycles. The van der Waals surface area contributed by atoms with Crippen LogP contribution in [0.5, 0.6) is 11.6 Å². The Labute approximate surface area is 167 Å². The van der Waals surface area contributed by atoms with E-state index in [-0.39, 0.29) is 22.4 Å². The lowest BCUT2D eigenvalue weighted by Crippen LogP contribution is -2.14. The van der Waals surface area contributed by atoms with E-state index in [2.05, 4.69) is 9.71 Å². The van der Waals surface area contributed by atoms with Gasteiger partial charge in [-0.05, 0) is 67.6 Å². The average molecular weight is 415 g/mol. The summed E-state index contributed by atoms with van der Waals surface area (Å²) in [7, 11) is -3.95. The second kappa shape index (κ2) is 8.70. The van der Waals surface area contributed by atoms with E-state index in [0.717, 1.165) is 12.1 Å². The van der Waals surface area contributed by atoms with Crippen molar-refractivity contribution in [1.82, 2.24) is 4.98 Å². The molecule has 150 valence electrons. The molecule has 9 heteroatoms. The van der Waals surface area contributed by atoms with E-state index in [1.54, 1.807) is 37.3 Å². The van der Waals surface area contributed by atoms with Crippen LogP contribution in [0.15, 0.2) is 71.8 Å². The van der Waals surface area contributed by atoms with Crippen LogP contribution in [0.4, 0.5) is 10.1 Å². The van der Waals surface area contributed by atoms with Gasteiger partial charge in [0.1, 0.15) is 17.3 Å². The summed E-state index contributed by atoms with van der Waals surface area (Å²) in [4.78, 5) is 3.99. The van der Waals surface area contributed by atoms with Gasteiger partial charge in [0.15, 0.2) is 0 Å². The molecule has 2 N–H and O–H groups in total. The summed E-state index contributed by atoms with van der Waals surface area (Å²) in [6, 6.07) is 14.1. The molecular weight excluding hydrogens is 397 g/mol. The summed E-state index contributed by atoms with van der Waals surface area (Å²) in [6.45, 7) is 2.18. The number of pyridine rings is 1. The molecule has 0 aliphatic rings. The van der Waals surface area contributed by atoms with Crippen molar-refractivity contribution < 1.29 is 22.3 Å². The van der Waals surface area contributed by atoms with E-state index in [0.29, 0.717) is 17.9 Å². The van der Waals surface area contributed by atoms with E-state index >= 15 is 0 Å². The molecule has 0 fully saturated rings. The second-order valence-electron chi connectivity index (χ2n) is 5.80. The molecule has 0 bridgehead atoms. The summed E-state index contributed by atoms with van der Waals surface area (Å²) < 4.78 is 51.4. The molecule has 0 atom stereocenters. The number of anilines is 1. The molecule has 0 saturated carbocycles. The van der Waals surface area contributed by atoms with E-state index in [1.165, 1.54) is 24.4 Å². The molecule has 0 radical (unpaired) electrons. The van der Waals surface area contributed by atoms with Crippen molar-refractivity contribution >= 4 is 21.6 Å². The number of aromatic nitrogens is 1. The van der Waals surface area contributed by atoms with Gasteiger partial charge in [-0.2, -0.15) is 0 Å². The van der Waals surface area contributed by atoms with Crippen LogP contribution < -0.4 is 9.46 Å². The lowest BCUT2D eigenvalue weighted by molar-refractivity contribution is 0.325. The van der Waals surface area contributed by atoms with Crippen molar-refractivity contribution in [3.05, 3.63) is 78.2 Å². The molecule has 7 nitrogen and oxygen atoms in total. The lowest BCUT2D eigenvalue weighted by atomic mass is 10.2. The zero-order chi connectivity index (χ0) is 20.9. The van der Waals surface area contributed by atoms with Crippen LogP contribution >= 0.6 is 0 Å². The molecule has 0 spiro atoms. The number of ether oxygens (including phenoxy) is 2. The quantitative estimate of drug-likeness (QED) is 0.445. The third kappa shape index (κ3) is 5.08.